The topological polar surface area (TPSA) is 53.2 Å². The van der Waals surface area contributed by atoms with Crippen molar-refractivity contribution in [1.82, 2.24) is 9.29 Å². The summed E-state index contributed by atoms with van der Waals surface area (Å²) in [6.45, 7) is 4.31. The molecule has 1 aromatic carbocycles. The molecule has 0 amide bonds. The van der Waals surface area contributed by atoms with Gasteiger partial charge >= 0.3 is 0 Å². The maximum absolute atomic E-state index is 12.0. The lowest BCUT2D eigenvalue weighted by Gasteiger charge is -2.14. The van der Waals surface area contributed by atoms with Gasteiger partial charge in [-0.3, -0.25) is 0 Å². The lowest BCUT2D eigenvalue weighted by atomic mass is 10.2. The molecule has 0 unspecified atom stereocenters. The van der Waals surface area contributed by atoms with E-state index < -0.39 is 10.0 Å². The Hall–Kier alpha value is -1.71. The highest BCUT2D eigenvalue weighted by Crippen LogP contribution is 2.15. The molecular formula is C17H19BrN2O2S. The number of hydrogen-bond donors (Lipinski definition) is 1. The van der Waals surface area contributed by atoms with Gasteiger partial charge in [-0.1, -0.05) is 12.1 Å². The van der Waals surface area contributed by atoms with Crippen molar-refractivity contribution in [3.05, 3.63) is 57.3 Å². The number of aromatic nitrogens is 1. The van der Waals surface area contributed by atoms with Crippen LogP contribution in [0.1, 0.15) is 22.5 Å². The molecule has 0 aliphatic heterocycles. The molecular weight excluding hydrogens is 376 g/mol. The van der Waals surface area contributed by atoms with Crippen molar-refractivity contribution in [3.8, 4) is 12.0 Å². The predicted molar refractivity (Wildman–Crippen MR) is 96.5 cm³/mol. The van der Waals surface area contributed by atoms with Crippen LogP contribution in [0.15, 0.2) is 34.8 Å². The van der Waals surface area contributed by atoms with Gasteiger partial charge in [-0.2, -0.15) is 0 Å². The molecule has 0 radical (unpaired) electrons. The summed E-state index contributed by atoms with van der Waals surface area (Å²) in [5.74, 6) is 2.92. The van der Waals surface area contributed by atoms with Gasteiger partial charge in [-0.05, 0) is 59.5 Å². The summed E-state index contributed by atoms with van der Waals surface area (Å²) >= 11 is 3.41. The Morgan fingerprint density at radius 3 is 2.52 bits per heavy atom. The van der Waals surface area contributed by atoms with E-state index in [-0.39, 0.29) is 0 Å². The standard InChI is InChI=1S/C17H19BrN2O2S/c1-13-12-14(2)19-17(13)9-11-20(23(3,21)22)10-8-15-6-4-5-7-16(15)18/h4-7,12,19H,9,11H2,1-3H3. The zero-order chi connectivity index (χ0) is 17.0. The number of nitrogens with zero attached hydrogens (tertiary/aromatic N) is 1. The van der Waals surface area contributed by atoms with E-state index in [4.69, 9.17) is 0 Å². The third-order valence-electron chi connectivity index (χ3n) is 3.41. The van der Waals surface area contributed by atoms with Crippen molar-refractivity contribution >= 4 is 26.0 Å². The second-order valence-electron chi connectivity index (χ2n) is 5.42. The van der Waals surface area contributed by atoms with Crippen molar-refractivity contribution < 1.29 is 8.42 Å². The molecule has 6 heteroatoms. The first-order chi connectivity index (χ1) is 10.8. The SMILES string of the molecule is Cc1cc(C)c(CCN(C#Cc2ccccc2Br)S(C)(=O)=O)[nH]1. The molecule has 0 fully saturated rings. The summed E-state index contributed by atoms with van der Waals surface area (Å²) in [5, 5.41) is 0. The molecule has 2 aromatic rings. The molecule has 0 saturated carbocycles. The van der Waals surface area contributed by atoms with Crippen LogP contribution in [0.3, 0.4) is 0 Å². The Labute approximate surface area is 146 Å². The number of halogens is 1. The summed E-state index contributed by atoms with van der Waals surface area (Å²) in [6.07, 6.45) is 1.77. The molecule has 122 valence electrons. The van der Waals surface area contributed by atoms with Gasteiger partial charge in [0.15, 0.2) is 0 Å². The molecule has 2 rings (SSSR count). The van der Waals surface area contributed by atoms with Gasteiger partial charge in [0.2, 0.25) is 10.0 Å². The summed E-state index contributed by atoms with van der Waals surface area (Å²) in [7, 11) is -3.39. The van der Waals surface area contributed by atoms with Crippen LogP contribution in [0.2, 0.25) is 0 Å². The number of sulfonamides is 1. The normalized spacial score (nSPS) is 11.0. The lowest BCUT2D eigenvalue weighted by Crippen LogP contribution is -2.27. The summed E-state index contributed by atoms with van der Waals surface area (Å²) in [4.78, 5) is 3.26. The van der Waals surface area contributed by atoms with Crippen LogP contribution in [0.4, 0.5) is 0 Å². The molecule has 0 saturated heterocycles. The zero-order valence-corrected chi connectivity index (χ0v) is 15.8. The first-order valence-electron chi connectivity index (χ1n) is 7.16. The molecule has 1 N–H and O–H groups in total. The molecule has 4 nitrogen and oxygen atoms in total. The van der Waals surface area contributed by atoms with E-state index in [1.165, 1.54) is 10.6 Å². The molecule has 1 heterocycles. The fraction of sp³-hybridized carbons (Fsp3) is 0.294. The molecule has 0 aliphatic rings. The van der Waals surface area contributed by atoms with Crippen molar-refractivity contribution in [2.45, 2.75) is 20.3 Å². The van der Waals surface area contributed by atoms with Gasteiger partial charge in [0.1, 0.15) is 0 Å². The number of H-pyrrole nitrogens is 1. The van der Waals surface area contributed by atoms with Crippen molar-refractivity contribution in [2.24, 2.45) is 0 Å². The highest BCUT2D eigenvalue weighted by molar-refractivity contribution is 9.10. The number of nitrogens with one attached hydrogen (secondary N) is 1. The van der Waals surface area contributed by atoms with Crippen LogP contribution in [0.5, 0.6) is 0 Å². The Balaban J connectivity index is 2.19. The van der Waals surface area contributed by atoms with Crippen molar-refractivity contribution in [3.63, 3.8) is 0 Å². The maximum atomic E-state index is 12.0. The van der Waals surface area contributed by atoms with E-state index >= 15 is 0 Å². The van der Waals surface area contributed by atoms with Gasteiger partial charge in [-0.25, -0.2) is 12.7 Å². The molecule has 1 aromatic heterocycles. The average molecular weight is 395 g/mol. The first-order valence-corrected chi connectivity index (χ1v) is 9.80. The highest BCUT2D eigenvalue weighted by Gasteiger charge is 2.14. The third-order valence-corrected chi connectivity index (χ3v) is 5.18. The Bertz CT molecular complexity index is 860. The summed E-state index contributed by atoms with van der Waals surface area (Å²) < 4.78 is 25.9. The monoisotopic (exact) mass is 394 g/mol. The van der Waals surface area contributed by atoms with Crippen molar-refractivity contribution in [2.75, 3.05) is 12.8 Å². The second-order valence-corrected chi connectivity index (χ2v) is 8.18. The van der Waals surface area contributed by atoms with E-state index in [0.29, 0.717) is 13.0 Å². The van der Waals surface area contributed by atoms with Crippen LogP contribution in [0, 0.1) is 25.8 Å². The van der Waals surface area contributed by atoms with E-state index in [1.54, 1.807) is 0 Å². The van der Waals surface area contributed by atoms with Gasteiger partial charge in [0, 0.05) is 40.4 Å². The minimum atomic E-state index is -3.39. The van der Waals surface area contributed by atoms with E-state index in [0.717, 1.165) is 27.0 Å². The summed E-state index contributed by atoms with van der Waals surface area (Å²) in [5.41, 5.74) is 4.00. The maximum Gasteiger partial charge on any atom is 0.238 e. The van der Waals surface area contributed by atoms with Gasteiger partial charge in [-0.15, -0.1) is 0 Å². The van der Waals surface area contributed by atoms with Gasteiger partial charge in [0.25, 0.3) is 0 Å². The molecule has 23 heavy (non-hydrogen) atoms. The predicted octanol–water partition coefficient (Wildman–Crippen LogP) is 3.21. The molecule has 0 aliphatic carbocycles. The zero-order valence-electron chi connectivity index (χ0n) is 13.4. The van der Waals surface area contributed by atoms with E-state index in [2.05, 4.69) is 32.9 Å². The van der Waals surface area contributed by atoms with Crippen LogP contribution in [-0.4, -0.2) is 30.5 Å². The van der Waals surface area contributed by atoms with Gasteiger partial charge < -0.3 is 4.98 Å². The second kappa shape index (κ2) is 7.24. The first kappa shape index (κ1) is 17.6. The molecule has 0 bridgehead atoms. The smallest absolute Gasteiger partial charge is 0.238 e. The number of benzene rings is 1. The van der Waals surface area contributed by atoms with Crippen molar-refractivity contribution in [1.29, 1.82) is 0 Å². The number of aromatic amines is 1. The molecule has 0 spiro atoms. The molecule has 0 atom stereocenters. The van der Waals surface area contributed by atoms with Crippen LogP contribution < -0.4 is 0 Å². The van der Waals surface area contributed by atoms with Crippen LogP contribution in [0.25, 0.3) is 0 Å². The number of rotatable bonds is 4. The Morgan fingerprint density at radius 1 is 1.26 bits per heavy atom. The van der Waals surface area contributed by atoms with E-state index in [1.807, 2.05) is 44.2 Å². The fourth-order valence-electron chi connectivity index (χ4n) is 2.25. The quantitative estimate of drug-likeness (QED) is 0.639. The lowest BCUT2D eigenvalue weighted by molar-refractivity contribution is 0.517. The third kappa shape index (κ3) is 4.88. The fourth-order valence-corrected chi connectivity index (χ4v) is 3.27. The minimum Gasteiger partial charge on any atom is -0.362 e. The largest absolute Gasteiger partial charge is 0.362 e. The Kier molecular flexibility index (Phi) is 5.55. The van der Waals surface area contributed by atoms with E-state index in [9.17, 15) is 8.42 Å². The Morgan fingerprint density at radius 2 is 1.96 bits per heavy atom. The summed E-state index contributed by atoms with van der Waals surface area (Å²) in [6, 6.07) is 12.3. The van der Waals surface area contributed by atoms with Gasteiger partial charge in [0.05, 0.1) is 6.26 Å². The van der Waals surface area contributed by atoms with Crippen LogP contribution in [-0.2, 0) is 16.4 Å². The highest BCUT2D eigenvalue weighted by atomic mass is 79.9. The average Bonchev–Trinajstić information content (AvgIpc) is 2.77. The number of aryl methyl sites for hydroxylation is 2. The van der Waals surface area contributed by atoms with Crippen LogP contribution >= 0.6 is 15.9 Å². The number of hydrogen-bond acceptors (Lipinski definition) is 2. The minimum absolute atomic E-state index is 0.317.